The van der Waals surface area contributed by atoms with E-state index in [1.165, 1.54) is 0 Å². The van der Waals surface area contributed by atoms with Gasteiger partial charge in [0.15, 0.2) is 11.6 Å². The fraction of sp³-hybridized carbons (Fsp3) is 0.364. The van der Waals surface area contributed by atoms with Gasteiger partial charge in [0.05, 0.1) is 0 Å². The van der Waals surface area contributed by atoms with Crippen LogP contribution in [0.15, 0.2) is 48.5 Å². The molecular formula is C22H24Cl2O2. The van der Waals surface area contributed by atoms with Crippen LogP contribution in [0.2, 0.25) is 0 Å². The van der Waals surface area contributed by atoms with Gasteiger partial charge in [0.1, 0.15) is 9.75 Å². The van der Waals surface area contributed by atoms with Crippen molar-refractivity contribution in [2.45, 2.75) is 50.3 Å². The molecule has 0 unspecified atom stereocenters. The summed E-state index contributed by atoms with van der Waals surface area (Å²) in [7, 11) is 0. The third kappa shape index (κ3) is 5.43. The maximum Gasteiger partial charge on any atom is 0.183 e. The highest BCUT2D eigenvalue weighted by atomic mass is 35.5. The van der Waals surface area contributed by atoms with E-state index in [-0.39, 0.29) is 11.6 Å². The predicted octanol–water partition coefficient (Wildman–Crippen LogP) is 5.87. The van der Waals surface area contributed by atoms with Gasteiger partial charge < -0.3 is 0 Å². The average molecular weight is 391 g/mol. The Bertz CT molecular complexity index is 707. The summed E-state index contributed by atoms with van der Waals surface area (Å²) in [4.78, 5) is 22.5. The number of benzene rings is 2. The molecule has 0 fully saturated rings. The van der Waals surface area contributed by atoms with Crippen molar-refractivity contribution < 1.29 is 9.59 Å². The molecule has 0 saturated carbocycles. The number of aryl methyl sites for hydroxylation is 2. The summed E-state index contributed by atoms with van der Waals surface area (Å²) in [5.41, 5.74) is 3.55. The van der Waals surface area contributed by atoms with Crippen LogP contribution in [0, 0.1) is 0 Å². The van der Waals surface area contributed by atoms with E-state index in [1.807, 2.05) is 48.5 Å². The minimum atomic E-state index is -0.891. The molecule has 0 aliphatic heterocycles. The van der Waals surface area contributed by atoms with Crippen LogP contribution in [-0.4, -0.2) is 21.3 Å². The maximum atomic E-state index is 12.1. The number of hydrogen-bond donors (Lipinski definition) is 0. The molecule has 26 heavy (non-hydrogen) atoms. The third-order valence-electron chi connectivity index (χ3n) is 4.21. The highest BCUT2D eigenvalue weighted by Crippen LogP contribution is 2.22. The first-order valence-corrected chi connectivity index (χ1v) is 9.39. The molecule has 0 radical (unpaired) electrons. The zero-order valence-corrected chi connectivity index (χ0v) is 17.1. The Kier molecular flexibility index (Phi) is 6.31. The molecule has 0 heterocycles. The summed E-state index contributed by atoms with van der Waals surface area (Å²) < 4.78 is 0. The van der Waals surface area contributed by atoms with Gasteiger partial charge in [-0.3, -0.25) is 9.59 Å². The van der Waals surface area contributed by atoms with E-state index in [2.05, 4.69) is 0 Å². The number of ketones is 2. The lowest BCUT2D eigenvalue weighted by molar-refractivity contribution is 0.0947. The molecule has 2 aromatic rings. The van der Waals surface area contributed by atoms with E-state index in [0.717, 1.165) is 24.0 Å². The Hall–Kier alpha value is -1.64. The first-order valence-electron chi connectivity index (χ1n) is 8.64. The molecule has 0 bridgehead atoms. The number of carbonyl (C=O) groups is 2. The van der Waals surface area contributed by atoms with Crippen LogP contribution in [0.1, 0.15) is 59.5 Å². The van der Waals surface area contributed by atoms with Crippen molar-refractivity contribution >= 4 is 34.8 Å². The topological polar surface area (TPSA) is 34.1 Å². The second-order valence-corrected chi connectivity index (χ2v) is 9.39. The van der Waals surface area contributed by atoms with E-state index in [9.17, 15) is 9.59 Å². The van der Waals surface area contributed by atoms with E-state index in [0.29, 0.717) is 11.1 Å². The van der Waals surface area contributed by atoms with Gasteiger partial charge in [-0.25, -0.2) is 0 Å². The van der Waals surface area contributed by atoms with Crippen molar-refractivity contribution in [3.8, 4) is 0 Å². The second-order valence-electron chi connectivity index (χ2n) is 7.50. The van der Waals surface area contributed by atoms with Crippen LogP contribution in [-0.2, 0) is 12.8 Å². The van der Waals surface area contributed by atoms with Crippen LogP contribution >= 0.6 is 23.2 Å². The number of alkyl halides is 2. The van der Waals surface area contributed by atoms with Crippen molar-refractivity contribution in [2.24, 2.45) is 0 Å². The Morgan fingerprint density at radius 1 is 0.654 bits per heavy atom. The molecule has 0 saturated heterocycles. The van der Waals surface area contributed by atoms with Crippen molar-refractivity contribution in [3.63, 3.8) is 0 Å². The molecule has 0 aliphatic rings. The Labute approximate surface area is 165 Å². The van der Waals surface area contributed by atoms with E-state index in [1.54, 1.807) is 27.7 Å². The molecule has 0 aliphatic carbocycles. The van der Waals surface area contributed by atoms with Crippen molar-refractivity contribution in [3.05, 3.63) is 70.8 Å². The summed E-state index contributed by atoms with van der Waals surface area (Å²) in [5, 5.41) is 0. The SMILES string of the molecule is CC(C)(Cl)C(=O)c1ccc(CCc2ccc(C(=O)C(C)(C)Cl)cc2)cc1. The lowest BCUT2D eigenvalue weighted by atomic mass is 9.96. The predicted molar refractivity (Wildman–Crippen MR) is 109 cm³/mol. The highest BCUT2D eigenvalue weighted by molar-refractivity contribution is 6.37. The molecule has 0 aromatic heterocycles. The Morgan fingerprint density at radius 3 is 1.15 bits per heavy atom. The van der Waals surface area contributed by atoms with Gasteiger partial charge in [0.25, 0.3) is 0 Å². The zero-order valence-electron chi connectivity index (χ0n) is 15.6. The van der Waals surface area contributed by atoms with Gasteiger partial charge in [-0.2, -0.15) is 0 Å². The van der Waals surface area contributed by atoms with Crippen LogP contribution in [0.4, 0.5) is 0 Å². The monoisotopic (exact) mass is 390 g/mol. The highest BCUT2D eigenvalue weighted by Gasteiger charge is 2.26. The first kappa shape index (κ1) is 20.7. The van der Waals surface area contributed by atoms with Crippen molar-refractivity contribution in [2.75, 3.05) is 0 Å². The molecular weight excluding hydrogens is 367 g/mol. The van der Waals surface area contributed by atoms with Crippen molar-refractivity contribution in [1.82, 2.24) is 0 Å². The lowest BCUT2D eigenvalue weighted by Gasteiger charge is -2.14. The standard InChI is InChI=1S/C22H24Cl2O2/c1-21(2,23)19(25)17-11-7-15(8-12-17)5-6-16-9-13-18(14-10-16)20(26)22(3,4)24/h7-14H,5-6H2,1-4H3. The minimum Gasteiger partial charge on any atom is -0.292 e. The van der Waals surface area contributed by atoms with Gasteiger partial charge in [0, 0.05) is 11.1 Å². The number of halogens is 2. The maximum absolute atomic E-state index is 12.1. The van der Waals surface area contributed by atoms with Crippen molar-refractivity contribution in [1.29, 1.82) is 0 Å². The van der Waals surface area contributed by atoms with Crippen LogP contribution in [0.5, 0.6) is 0 Å². The molecule has 0 N–H and O–H groups in total. The van der Waals surface area contributed by atoms with Crippen LogP contribution in [0.3, 0.4) is 0 Å². The fourth-order valence-corrected chi connectivity index (χ4v) is 2.84. The minimum absolute atomic E-state index is 0.0758. The van der Waals surface area contributed by atoms with Gasteiger partial charge in [-0.15, -0.1) is 23.2 Å². The van der Waals surface area contributed by atoms with Crippen LogP contribution < -0.4 is 0 Å². The number of hydrogen-bond acceptors (Lipinski definition) is 2. The van der Waals surface area contributed by atoms with E-state index >= 15 is 0 Å². The second kappa shape index (κ2) is 7.94. The lowest BCUT2D eigenvalue weighted by Crippen LogP contribution is -2.24. The van der Waals surface area contributed by atoms with Gasteiger partial charge in [-0.05, 0) is 51.7 Å². The average Bonchev–Trinajstić information content (AvgIpc) is 2.58. The van der Waals surface area contributed by atoms with Gasteiger partial charge in [0.2, 0.25) is 0 Å². The summed E-state index contributed by atoms with van der Waals surface area (Å²) in [6.45, 7) is 6.80. The number of Topliss-reactive ketones (excluding diaryl/α,β-unsaturated/α-hetero) is 2. The molecule has 138 valence electrons. The number of rotatable bonds is 7. The van der Waals surface area contributed by atoms with E-state index < -0.39 is 9.75 Å². The first-order chi connectivity index (χ1) is 12.0. The molecule has 0 atom stereocenters. The molecule has 2 rings (SSSR count). The van der Waals surface area contributed by atoms with Gasteiger partial charge in [-0.1, -0.05) is 48.5 Å². The smallest absolute Gasteiger partial charge is 0.183 e. The molecule has 0 spiro atoms. The Balaban J connectivity index is 1.99. The van der Waals surface area contributed by atoms with Gasteiger partial charge >= 0.3 is 0 Å². The summed E-state index contributed by atoms with van der Waals surface area (Å²) in [6, 6.07) is 15.2. The molecule has 2 aromatic carbocycles. The summed E-state index contributed by atoms with van der Waals surface area (Å²) in [5.74, 6) is -0.152. The molecule has 0 amide bonds. The third-order valence-corrected chi connectivity index (χ3v) is 4.56. The summed E-state index contributed by atoms with van der Waals surface area (Å²) in [6.07, 6.45) is 1.71. The Morgan fingerprint density at radius 2 is 0.923 bits per heavy atom. The fourth-order valence-electron chi connectivity index (χ4n) is 2.62. The largest absolute Gasteiger partial charge is 0.292 e. The number of carbonyl (C=O) groups excluding carboxylic acids is 2. The molecule has 2 nitrogen and oxygen atoms in total. The van der Waals surface area contributed by atoms with E-state index in [4.69, 9.17) is 23.2 Å². The summed E-state index contributed by atoms with van der Waals surface area (Å²) >= 11 is 12.2. The quantitative estimate of drug-likeness (QED) is 0.437. The zero-order chi connectivity index (χ0) is 19.5. The van der Waals surface area contributed by atoms with Crippen LogP contribution in [0.25, 0.3) is 0 Å². The normalized spacial score (nSPS) is 12.1. The molecule has 4 heteroatoms.